The van der Waals surface area contributed by atoms with Gasteiger partial charge in [0.05, 0.1) is 6.61 Å². The van der Waals surface area contributed by atoms with Crippen molar-refractivity contribution >= 4 is 27.3 Å². The van der Waals surface area contributed by atoms with Gasteiger partial charge in [0.25, 0.3) is 0 Å². The molecule has 2 nitrogen and oxygen atoms in total. The van der Waals surface area contributed by atoms with Crippen molar-refractivity contribution in [1.82, 2.24) is 4.98 Å². The molecule has 0 N–H and O–H groups in total. The third-order valence-corrected chi connectivity index (χ3v) is 3.79. The van der Waals surface area contributed by atoms with Gasteiger partial charge in [-0.1, -0.05) is 15.9 Å². The summed E-state index contributed by atoms with van der Waals surface area (Å²) in [4.78, 5) is 5.60. The van der Waals surface area contributed by atoms with Gasteiger partial charge in [-0.05, 0) is 37.6 Å². The molecule has 0 fully saturated rings. The molecule has 90 valence electrons. The van der Waals surface area contributed by atoms with E-state index < -0.39 is 0 Å². The van der Waals surface area contributed by atoms with Gasteiger partial charge in [-0.15, -0.1) is 11.3 Å². The van der Waals surface area contributed by atoms with Crippen LogP contribution in [0.1, 0.15) is 11.3 Å². The summed E-state index contributed by atoms with van der Waals surface area (Å²) < 4.78 is 5.60. The van der Waals surface area contributed by atoms with E-state index in [0.717, 1.165) is 34.7 Å². The van der Waals surface area contributed by atoms with E-state index in [0.29, 0.717) is 0 Å². The average Bonchev–Trinajstić information content (AvgIpc) is 2.77. The van der Waals surface area contributed by atoms with E-state index in [2.05, 4.69) is 40.0 Å². The molecule has 4 heteroatoms. The summed E-state index contributed by atoms with van der Waals surface area (Å²) in [6, 6.07) is 8.12. The van der Waals surface area contributed by atoms with Gasteiger partial charge in [-0.2, -0.15) is 0 Å². The summed E-state index contributed by atoms with van der Waals surface area (Å²) in [5, 5.41) is 2.04. The van der Waals surface area contributed by atoms with Crippen molar-refractivity contribution in [3.63, 3.8) is 0 Å². The molecule has 1 aromatic carbocycles. The van der Waals surface area contributed by atoms with E-state index in [-0.39, 0.29) is 0 Å². The molecule has 0 atom stereocenters. The summed E-state index contributed by atoms with van der Waals surface area (Å²) in [5.74, 6) is 0.919. The minimum atomic E-state index is 0.751. The Labute approximate surface area is 114 Å². The first-order valence-electron chi connectivity index (χ1n) is 5.51. The molecule has 1 heterocycles. The summed E-state index contributed by atoms with van der Waals surface area (Å²) >= 11 is 5.09. The lowest BCUT2D eigenvalue weighted by molar-refractivity contribution is 0.319. The summed E-state index contributed by atoms with van der Waals surface area (Å²) in [6.07, 6.45) is 2.92. The molecule has 17 heavy (non-hydrogen) atoms. The van der Waals surface area contributed by atoms with Gasteiger partial charge in [-0.3, -0.25) is 0 Å². The van der Waals surface area contributed by atoms with Crippen molar-refractivity contribution < 1.29 is 4.74 Å². The van der Waals surface area contributed by atoms with Crippen molar-refractivity contribution in [2.45, 2.75) is 13.3 Å². The van der Waals surface area contributed by atoms with Gasteiger partial charge < -0.3 is 4.74 Å². The van der Waals surface area contributed by atoms with Crippen molar-refractivity contribution in [2.24, 2.45) is 0 Å². The van der Waals surface area contributed by atoms with Crippen LogP contribution in [0.15, 0.2) is 30.5 Å². The molecule has 0 aliphatic heterocycles. The zero-order valence-electron chi connectivity index (χ0n) is 9.65. The number of alkyl halides is 1. The SMILES string of the molecule is Cc1cnc(-c2ccc(OCCCBr)cc2)s1. The fourth-order valence-corrected chi connectivity index (χ4v) is 2.43. The minimum Gasteiger partial charge on any atom is -0.494 e. The first-order chi connectivity index (χ1) is 8.29. The quantitative estimate of drug-likeness (QED) is 0.607. The average molecular weight is 312 g/mol. The van der Waals surface area contributed by atoms with E-state index in [1.54, 1.807) is 11.3 Å². The van der Waals surface area contributed by atoms with Crippen molar-refractivity contribution in [1.29, 1.82) is 0 Å². The van der Waals surface area contributed by atoms with Crippen molar-refractivity contribution in [3.8, 4) is 16.3 Å². The molecule has 1 aromatic heterocycles. The minimum absolute atomic E-state index is 0.751. The van der Waals surface area contributed by atoms with Crippen LogP contribution >= 0.6 is 27.3 Å². The molecule has 2 aromatic rings. The van der Waals surface area contributed by atoms with Crippen LogP contribution in [-0.2, 0) is 0 Å². The lowest BCUT2D eigenvalue weighted by atomic mass is 10.2. The number of aryl methyl sites for hydroxylation is 1. The maximum atomic E-state index is 5.60. The molecule has 0 aliphatic rings. The van der Waals surface area contributed by atoms with E-state index >= 15 is 0 Å². The second-order valence-corrected chi connectivity index (χ2v) is 5.72. The number of thiazole rings is 1. The number of aromatic nitrogens is 1. The topological polar surface area (TPSA) is 22.1 Å². The van der Waals surface area contributed by atoms with Gasteiger partial charge in [0, 0.05) is 22.0 Å². The first kappa shape index (κ1) is 12.6. The monoisotopic (exact) mass is 311 g/mol. The van der Waals surface area contributed by atoms with Crippen molar-refractivity contribution in [3.05, 3.63) is 35.3 Å². The lowest BCUT2D eigenvalue weighted by Crippen LogP contribution is -1.97. The summed E-state index contributed by atoms with van der Waals surface area (Å²) in [7, 11) is 0. The Morgan fingerprint density at radius 3 is 2.65 bits per heavy atom. The van der Waals surface area contributed by atoms with Gasteiger partial charge in [0.1, 0.15) is 10.8 Å². The summed E-state index contributed by atoms with van der Waals surface area (Å²) in [5.41, 5.74) is 1.15. The number of hydrogen-bond acceptors (Lipinski definition) is 3. The maximum absolute atomic E-state index is 5.60. The Morgan fingerprint density at radius 2 is 2.06 bits per heavy atom. The van der Waals surface area contributed by atoms with Crippen LogP contribution in [0.2, 0.25) is 0 Å². The number of ether oxygens (including phenoxy) is 1. The van der Waals surface area contributed by atoms with E-state index in [9.17, 15) is 0 Å². The molecule has 0 radical (unpaired) electrons. The Bertz CT molecular complexity index is 467. The van der Waals surface area contributed by atoms with Crippen molar-refractivity contribution in [2.75, 3.05) is 11.9 Å². The van der Waals surface area contributed by atoms with E-state index in [1.165, 1.54) is 4.88 Å². The second-order valence-electron chi connectivity index (χ2n) is 3.69. The number of benzene rings is 1. The predicted molar refractivity (Wildman–Crippen MR) is 76.2 cm³/mol. The van der Waals surface area contributed by atoms with Crippen LogP contribution < -0.4 is 4.74 Å². The molecule has 0 unspecified atom stereocenters. The fourth-order valence-electron chi connectivity index (χ4n) is 1.43. The van der Waals surface area contributed by atoms with Crippen LogP contribution in [0.4, 0.5) is 0 Å². The highest BCUT2D eigenvalue weighted by atomic mass is 79.9. The standard InChI is InChI=1S/C13H14BrNOS/c1-10-9-15-13(17-10)11-3-5-12(6-4-11)16-8-2-7-14/h3-6,9H,2,7-8H2,1H3. The number of halogens is 1. The molecule has 0 saturated heterocycles. The summed E-state index contributed by atoms with van der Waals surface area (Å²) in [6.45, 7) is 2.82. The molecule has 0 spiro atoms. The number of hydrogen-bond donors (Lipinski definition) is 0. The molecule has 0 amide bonds. The molecular formula is C13H14BrNOS. The Morgan fingerprint density at radius 1 is 1.29 bits per heavy atom. The van der Waals surface area contributed by atoms with Gasteiger partial charge >= 0.3 is 0 Å². The zero-order valence-corrected chi connectivity index (χ0v) is 12.1. The van der Waals surface area contributed by atoms with Crippen LogP contribution in [0, 0.1) is 6.92 Å². The lowest BCUT2D eigenvalue weighted by Gasteiger charge is -2.05. The normalized spacial score (nSPS) is 10.5. The van der Waals surface area contributed by atoms with Gasteiger partial charge in [0.2, 0.25) is 0 Å². The fraction of sp³-hybridized carbons (Fsp3) is 0.308. The Balaban J connectivity index is 2.02. The number of nitrogens with zero attached hydrogens (tertiary/aromatic N) is 1. The molecule has 0 bridgehead atoms. The maximum Gasteiger partial charge on any atom is 0.123 e. The first-order valence-corrected chi connectivity index (χ1v) is 7.45. The number of rotatable bonds is 5. The molecular weight excluding hydrogens is 298 g/mol. The third-order valence-electron chi connectivity index (χ3n) is 2.27. The van der Waals surface area contributed by atoms with Crippen LogP contribution in [-0.4, -0.2) is 16.9 Å². The van der Waals surface area contributed by atoms with Gasteiger partial charge in [-0.25, -0.2) is 4.98 Å². The van der Waals surface area contributed by atoms with Crippen LogP contribution in [0.5, 0.6) is 5.75 Å². The zero-order chi connectivity index (χ0) is 12.1. The van der Waals surface area contributed by atoms with E-state index in [4.69, 9.17) is 4.74 Å². The smallest absolute Gasteiger partial charge is 0.123 e. The van der Waals surface area contributed by atoms with Crippen LogP contribution in [0.3, 0.4) is 0 Å². The molecule has 0 aliphatic carbocycles. The highest BCUT2D eigenvalue weighted by molar-refractivity contribution is 9.09. The Kier molecular flexibility index (Phi) is 4.57. The highest BCUT2D eigenvalue weighted by Crippen LogP contribution is 2.26. The van der Waals surface area contributed by atoms with E-state index in [1.807, 2.05) is 18.3 Å². The Hall–Kier alpha value is -0.870. The second kappa shape index (κ2) is 6.17. The molecule has 2 rings (SSSR count). The predicted octanol–water partition coefficient (Wildman–Crippen LogP) is 4.28. The molecule has 0 saturated carbocycles. The van der Waals surface area contributed by atoms with Gasteiger partial charge in [0.15, 0.2) is 0 Å². The third kappa shape index (κ3) is 3.54. The van der Waals surface area contributed by atoms with Crippen LogP contribution in [0.25, 0.3) is 10.6 Å². The largest absolute Gasteiger partial charge is 0.494 e. The highest BCUT2D eigenvalue weighted by Gasteiger charge is 2.02.